The molecule has 82 valence electrons. The number of pyridine rings is 1. The minimum Gasteiger partial charge on any atom is -0.466 e. The zero-order chi connectivity index (χ0) is 11.3. The molecule has 4 nitrogen and oxygen atoms in total. The lowest BCUT2D eigenvalue weighted by molar-refractivity contribution is -0.143. The molecule has 2 N–H and O–H groups in total. The Kier molecular flexibility index (Phi) is 4.71. The Balaban J connectivity index is 2.65. The summed E-state index contributed by atoms with van der Waals surface area (Å²) < 4.78 is 5.49. The molecule has 5 heteroatoms. The van der Waals surface area contributed by atoms with E-state index >= 15 is 0 Å². The number of esters is 1. The first-order valence-corrected chi connectivity index (χ1v) is 5.46. The van der Waals surface area contributed by atoms with Gasteiger partial charge in [-0.3, -0.25) is 4.79 Å². The average Bonchev–Trinajstić information content (AvgIpc) is 2.18. The van der Waals surface area contributed by atoms with Gasteiger partial charge < -0.3 is 10.5 Å². The molecule has 1 aromatic heterocycles. The van der Waals surface area contributed by atoms with Crippen LogP contribution in [0.1, 0.15) is 24.9 Å². The molecule has 1 atom stereocenters. The maximum atomic E-state index is 11.2. The van der Waals surface area contributed by atoms with Crippen molar-refractivity contribution in [2.45, 2.75) is 19.4 Å². The standard InChI is InChI=1S/C10H13BrN2O2/c1-2-15-9(14)6-8(12)7-4-3-5-13-10(7)11/h3-5,8H,2,6,12H2,1H3/t8-/m0/s1. The zero-order valence-corrected chi connectivity index (χ0v) is 10.0. The Morgan fingerprint density at radius 1 is 1.73 bits per heavy atom. The van der Waals surface area contributed by atoms with Gasteiger partial charge in [-0.1, -0.05) is 6.07 Å². The van der Waals surface area contributed by atoms with E-state index in [1.165, 1.54) is 0 Å². The van der Waals surface area contributed by atoms with Gasteiger partial charge in [0.1, 0.15) is 4.60 Å². The minimum absolute atomic E-state index is 0.165. The minimum atomic E-state index is -0.382. The summed E-state index contributed by atoms with van der Waals surface area (Å²) in [6.45, 7) is 2.14. The summed E-state index contributed by atoms with van der Waals surface area (Å²) >= 11 is 3.28. The fourth-order valence-electron chi connectivity index (χ4n) is 1.18. The Morgan fingerprint density at radius 2 is 2.47 bits per heavy atom. The number of ether oxygens (including phenoxy) is 1. The highest BCUT2D eigenvalue weighted by Gasteiger charge is 2.14. The van der Waals surface area contributed by atoms with Gasteiger partial charge in [0.15, 0.2) is 0 Å². The molecule has 0 aliphatic heterocycles. The lowest BCUT2D eigenvalue weighted by Crippen LogP contribution is -2.17. The van der Waals surface area contributed by atoms with Crippen LogP contribution >= 0.6 is 15.9 Å². The van der Waals surface area contributed by atoms with E-state index in [0.29, 0.717) is 11.2 Å². The lowest BCUT2D eigenvalue weighted by Gasteiger charge is -2.11. The number of carbonyl (C=O) groups excluding carboxylic acids is 1. The second-order valence-corrected chi connectivity index (χ2v) is 3.75. The van der Waals surface area contributed by atoms with E-state index in [-0.39, 0.29) is 18.4 Å². The van der Waals surface area contributed by atoms with Crippen LogP contribution in [0, 0.1) is 0 Å². The van der Waals surface area contributed by atoms with Crippen molar-refractivity contribution in [3.8, 4) is 0 Å². The molecular weight excluding hydrogens is 260 g/mol. The maximum absolute atomic E-state index is 11.2. The molecule has 1 heterocycles. The molecule has 0 spiro atoms. The van der Waals surface area contributed by atoms with Gasteiger partial charge in [-0.15, -0.1) is 0 Å². The average molecular weight is 273 g/mol. The topological polar surface area (TPSA) is 65.2 Å². The Labute approximate surface area is 97.0 Å². The number of carbonyl (C=O) groups is 1. The molecule has 0 aromatic carbocycles. The van der Waals surface area contributed by atoms with E-state index in [2.05, 4.69) is 20.9 Å². The van der Waals surface area contributed by atoms with Gasteiger partial charge in [0.2, 0.25) is 0 Å². The third-order valence-electron chi connectivity index (χ3n) is 1.88. The van der Waals surface area contributed by atoms with Gasteiger partial charge in [-0.2, -0.15) is 0 Å². The summed E-state index contributed by atoms with van der Waals surface area (Å²) in [5.74, 6) is -0.291. The molecule has 1 aromatic rings. The quantitative estimate of drug-likeness (QED) is 0.671. The van der Waals surface area contributed by atoms with Crippen molar-refractivity contribution in [2.24, 2.45) is 5.73 Å². The van der Waals surface area contributed by atoms with Gasteiger partial charge in [-0.25, -0.2) is 4.98 Å². The predicted octanol–water partition coefficient (Wildman–Crippen LogP) is 1.80. The number of aromatic nitrogens is 1. The van der Waals surface area contributed by atoms with Crippen LogP contribution in [0.15, 0.2) is 22.9 Å². The van der Waals surface area contributed by atoms with Crippen LogP contribution in [0.3, 0.4) is 0 Å². The number of nitrogens with two attached hydrogens (primary N) is 1. The number of rotatable bonds is 4. The summed E-state index contributed by atoms with van der Waals surface area (Å²) in [6, 6.07) is 3.23. The van der Waals surface area contributed by atoms with Gasteiger partial charge in [-0.05, 0) is 28.9 Å². The molecule has 0 aliphatic rings. The molecule has 0 saturated heterocycles. The third kappa shape index (κ3) is 3.60. The number of nitrogens with zero attached hydrogens (tertiary/aromatic N) is 1. The third-order valence-corrected chi connectivity index (χ3v) is 2.54. The summed E-state index contributed by atoms with van der Waals surface area (Å²) in [6.07, 6.45) is 1.82. The Hall–Kier alpha value is -0.940. The lowest BCUT2D eigenvalue weighted by atomic mass is 10.1. The molecule has 0 unspecified atom stereocenters. The van der Waals surface area contributed by atoms with Gasteiger partial charge in [0.05, 0.1) is 13.0 Å². The summed E-state index contributed by atoms with van der Waals surface area (Å²) in [7, 11) is 0. The molecular formula is C10H13BrN2O2. The van der Waals surface area contributed by atoms with E-state index in [1.807, 2.05) is 6.07 Å². The smallest absolute Gasteiger partial charge is 0.307 e. The molecule has 0 fully saturated rings. The monoisotopic (exact) mass is 272 g/mol. The largest absolute Gasteiger partial charge is 0.466 e. The second kappa shape index (κ2) is 5.82. The first-order chi connectivity index (χ1) is 7.15. The van der Waals surface area contributed by atoms with Gasteiger partial charge in [0, 0.05) is 17.8 Å². The first-order valence-electron chi connectivity index (χ1n) is 4.66. The van der Waals surface area contributed by atoms with E-state index in [1.54, 1.807) is 19.2 Å². The molecule has 0 aliphatic carbocycles. The molecule has 15 heavy (non-hydrogen) atoms. The second-order valence-electron chi connectivity index (χ2n) is 3.00. The molecule has 0 radical (unpaired) electrons. The first kappa shape index (κ1) is 12.1. The number of hydrogen-bond acceptors (Lipinski definition) is 4. The number of hydrogen-bond donors (Lipinski definition) is 1. The SMILES string of the molecule is CCOC(=O)C[C@H](N)c1cccnc1Br. The summed E-state index contributed by atoms with van der Waals surface area (Å²) in [5, 5.41) is 0. The van der Waals surface area contributed by atoms with Crippen molar-refractivity contribution in [3.05, 3.63) is 28.5 Å². The highest BCUT2D eigenvalue weighted by atomic mass is 79.9. The Bertz CT molecular complexity index is 344. The molecule has 1 rings (SSSR count). The van der Waals surface area contributed by atoms with Crippen molar-refractivity contribution in [1.29, 1.82) is 0 Å². The van der Waals surface area contributed by atoms with Crippen molar-refractivity contribution < 1.29 is 9.53 Å². The van der Waals surface area contributed by atoms with Crippen LogP contribution in [0.2, 0.25) is 0 Å². The van der Waals surface area contributed by atoms with Crippen LogP contribution in [0.5, 0.6) is 0 Å². The van der Waals surface area contributed by atoms with Crippen LogP contribution in [0.4, 0.5) is 0 Å². The highest BCUT2D eigenvalue weighted by Crippen LogP contribution is 2.21. The number of halogens is 1. The van der Waals surface area contributed by atoms with E-state index in [4.69, 9.17) is 10.5 Å². The summed E-state index contributed by atoms with van der Waals surface area (Å²) in [4.78, 5) is 15.2. The van der Waals surface area contributed by atoms with E-state index < -0.39 is 0 Å². The van der Waals surface area contributed by atoms with Crippen molar-refractivity contribution in [2.75, 3.05) is 6.61 Å². The van der Waals surface area contributed by atoms with Crippen LogP contribution < -0.4 is 5.73 Å². The van der Waals surface area contributed by atoms with Crippen LogP contribution in [-0.2, 0) is 9.53 Å². The summed E-state index contributed by atoms with van der Waals surface area (Å²) in [5.41, 5.74) is 6.67. The van der Waals surface area contributed by atoms with Gasteiger partial charge in [0.25, 0.3) is 0 Å². The van der Waals surface area contributed by atoms with Gasteiger partial charge >= 0.3 is 5.97 Å². The predicted molar refractivity (Wildman–Crippen MR) is 60.1 cm³/mol. The van der Waals surface area contributed by atoms with Crippen molar-refractivity contribution >= 4 is 21.9 Å². The normalized spacial score (nSPS) is 12.2. The van der Waals surface area contributed by atoms with Crippen LogP contribution in [-0.4, -0.2) is 17.6 Å². The molecule has 0 bridgehead atoms. The Morgan fingerprint density at radius 3 is 3.07 bits per heavy atom. The highest BCUT2D eigenvalue weighted by molar-refractivity contribution is 9.10. The van der Waals surface area contributed by atoms with Crippen molar-refractivity contribution in [1.82, 2.24) is 4.98 Å². The molecule has 0 saturated carbocycles. The van der Waals surface area contributed by atoms with Crippen LogP contribution in [0.25, 0.3) is 0 Å². The maximum Gasteiger partial charge on any atom is 0.307 e. The molecule has 0 amide bonds. The van der Waals surface area contributed by atoms with E-state index in [0.717, 1.165) is 5.56 Å². The van der Waals surface area contributed by atoms with E-state index in [9.17, 15) is 4.79 Å². The van der Waals surface area contributed by atoms with Crippen molar-refractivity contribution in [3.63, 3.8) is 0 Å². The zero-order valence-electron chi connectivity index (χ0n) is 8.44. The fourth-order valence-corrected chi connectivity index (χ4v) is 1.73. The fraction of sp³-hybridized carbons (Fsp3) is 0.400.